The van der Waals surface area contributed by atoms with Crippen LogP contribution in [0.3, 0.4) is 0 Å². The molecular weight excluding hydrogens is 421 g/mol. The number of para-hydroxylation sites is 1. The van der Waals surface area contributed by atoms with E-state index in [1.165, 1.54) is 29.9 Å². The molecule has 0 N–H and O–H groups in total. The normalized spacial score (nSPS) is 11.2. The van der Waals surface area contributed by atoms with E-state index in [1.807, 2.05) is 0 Å². The first kappa shape index (κ1) is 20.4. The average Bonchev–Trinajstić information content (AvgIpc) is 2.78. The van der Waals surface area contributed by atoms with Crippen LogP contribution in [-0.4, -0.2) is 27.6 Å². The second-order valence-electron chi connectivity index (χ2n) is 6.50. The van der Waals surface area contributed by atoms with Crippen molar-refractivity contribution in [2.45, 2.75) is 0 Å². The van der Waals surface area contributed by atoms with Crippen molar-refractivity contribution in [1.29, 1.82) is 0 Å². The van der Waals surface area contributed by atoms with Crippen molar-refractivity contribution in [2.24, 2.45) is 0 Å². The molecule has 0 aliphatic carbocycles. The maximum Gasteiger partial charge on any atom is 0.356 e. The Bertz CT molecular complexity index is 1400. The SMILES string of the molecule is COC(=O)c1cccc(/C=C\c2nc3ccc(F)cc3c(=O)n2-c2ccccc2Cl)n1. The molecule has 0 bridgehead atoms. The van der Waals surface area contributed by atoms with Gasteiger partial charge in [-0.15, -0.1) is 0 Å². The van der Waals surface area contributed by atoms with Crippen LogP contribution in [-0.2, 0) is 4.74 Å². The number of rotatable bonds is 4. The van der Waals surface area contributed by atoms with Gasteiger partial charge in [-0.25, -0.2) is 19.2 Å². The first-order valence-electron chi connectivity index (χ1n) is 9.18. The molecule has 0 amide bonds. The number of ether oxygens (including phenoxy) is 1. The Morgan fingerprint density at radius 3 is 2.65 bits per heavy atom. The van der Waals surface area contributed by atoms with E-state index in [0.29, 0.717) is 21.9 Å². The molecule has 2 aromatic carbocycles. The van der Waals surface area contributed by atoms with Gasteiger partial charge in [-0.2, -0.15) is 0 Å². The summed E-state index contributed by atoms with van der Waals surface area (Å²) in [5, 5.41) is 0.463. The third kappa shape index (κ3) is 4.08. The third-order valence-electron chi connectivity index (χ3n) is 4.52. The van der Waals surface area contributed by atoms with Crippen LogP contribution < -0.4 is 5.56 Å². The molecule has 4 aromatic rings. The Labute approximate surface area is 181 Å². The number of carbonyl (C=O) groups is 1. The van der Waals surface area contributed by atoms with Crippen molar-refractivity contribution >= 4 is 40.6 Å². The highest BCUT2D eigenvalue weighted by molar-refractivity contribution is 6.32. The number of halogens is 2. The molecule has 0 aliphatic rings. The number of hydrogen-bond acceptors (Lipinski definition) is 5. The van der Waals surface area contributed by atoms with Crippen LogP contribution in [0.25, 0.3) is 28.7 Å². The fourth-order valence-corrected chi connectivity index (χ4v) is 3.30. The van der Waals surface area contributed by atoms with Crippen molar-refractivity contribution < 1.29 is 13.9 Å². The Kier molecular flexibility index (Phi) is 5.60. The fourth-order valence-electron chi connectivity index (χ4n) is 3.08. The van der Waals surface area contributed by atoms with E-state index < -0.39 is 17.3 Å². The predicted molar refractivity (Wildman–Crippen MR) is 117 cm³/mol. The molecule has 0 aliphatic heterocycles. The summed E-state index contributed by atoms with van der Waals surface area (Å²) in [4.78, 5) is 33.7. The molecule has 2 heterocycles. The fraction of sp³-hybridized carbons (Fsp3) is 0.0435. The Balaban J connectivity index is 1.91. The van der Waals surface area contributed by atoms with Gasteiger partial charge < -0.3 is 4.74 Å². The zero-order chi connectivity index (χ0) is 22.0. The highest BCUT2D eigenvalue weighted by Crippen LogP contribution is 2.22. The zero-order valence-electron chi connectivity index (χ0n) is 16.3. The number of fused-ring (bicyclic) bond motifs is 1. The molecule has 6 nitrogen and oxygen atoms in total. The van der Waals surface area contributed by atoms with E-state index in [9.17, 15) is 14.0 Å². The largest absolute Gasteiger partial charge is 0.464 e. The molecule has 31 heavy (non-hydrogen) atoms. The van der Waals surface area contributed by atoms with Gasteiger partial charge in [0.1, 0.15) is 17.3 Å². The van der Waals surface area contributed by atoms with E-state index in [0.717, 1.165) is 6.07 Å². The van der Waals surface area contributed by atoms with Crippen LogP contribution >= 0.6 is 11.6 Å². The highest BCUT2D eigenvalue weighted by Gasteiger charge is 2.14. The van der Waals surface area contributed by atoms with Crippen LogP contribution in [0.2, 0.25) is 5.02 Å². The number of aromatic nitrogens is 3. The van der Waals surface area contributed by atoms with E-state index in [4.69, 9.17) is 11.6 Å². The summed E-state index contributed by atoms with van der Waals surface area (Å²) in [6.45, 7) is 0. The first-order valence-corrected chi connectivity index (χ1v) is 9.56. The second-order valence-corrected chi connectivity index (χ2v) is 6.90. The maximum atomic E-state index is 13.8. The number of nitrogens with zero attached hydrogens (tertiary/aromatic N) is 3. The van der Waals surface area contributed by atoms with Crippen LogP contribution in [0, 0.1) is 5.82 Å². The summed E-state index contributed by atoms with van der Waals surface area (Å²) in [7, 11) is 1.27. The first-order chi connectivity index (χ1) is 15.0. The summed E-state index contributed by atoms with van der Waals surface area (Å²) in [6.07, 6.45) is 3.19. The van der Waals surface area contributed by atoms with Crippen molar-refractivity contribution in [3.05, 3.63) is 99.1 Å². The van der Waals surface area contributed by atoms with Crippen LogP contribution in [0.4, 0.5) is 4.39 Å². The number of hydrogen-bond donors (Lipinski definition) is 0. The lowest BCUT2D eigenvalue weighted by Crippen LogP contribution is -2.22. The van der Waals surface area contributed by atoms with Gasteiger partial charge >= 0.3 is 5.97 Å². The Morgan fingerprint density at radius 2 is 1.87 bits per heavy atom. The quantitative estimate of drug-likeness (QED) is 0.440. The topological polar surface area (TPSA) is 74.1 Å². The minimum Gasteiger partial charge on any atom is -0.464 e. The summed E-state index contributed by atoms with van der Waals surface area (Å²) < 4.78 is 19.8. The van der Waals surface area contributed by atoms with E-state index in [2.05, 4.69) is 14.7 Å². The molecule has 0 saturated heterocycles. The lowest BCUT2D eigenvalue weighted by molar-refractivity contribution is 0.0594. The number of pyridine rings is 1. The number of esters is 1. The second kappa shape index (κ2) is 8.49. The molecule has 4 rings (SSSR count). The Hall–Kier alpha value is -3.84. The van der Waals surface area contributed by atoms with Crippen LogP contribution in [0.15, 0.2) is 65.5 Å². The van der Waals surface area contributed by atoms with Gasteiger partial charge in [0.05, 0.1) is 34.4 Å². The number of carbonyl (C=O) groups excluding carboxylic acids is 1. The summed E-state index contributed by atoms with van der Waals surface area (Å²) in [5.74, 6) is -0.833. The lowest BCUT2D eigenvalue weighted by atomic mass is 10.2. The molecule has 0 fully saturated rings. The molecule has 2 aromatic heterocycles. The predicted octanol–water partition coefficient (Wildman–Crippen LogP) is 4.53. The van der Waals surface area contributed by atoms with Crippen molar-refractivity contribution in [2.75, 3.05) is 7.11 Å². The van der Waals surface area contributed by atoms with E-state index in [-0.39, 0.29) is 16.9 Å². The maximum absolute atomic E-state index is 13.8. The zero-order valence-corrected chi connectivity index (χ0v) is 17.0. The third-order valence-corrected chi connectivity index (χ3v) is 4.84. The summed E-state index contributed by atoms with van der Waals surface area (Å²) >= 11 is 6.32. The van der Waals surface area contributed by atoms with Gasteiger partial charge in [0.2, 0.25) is 0 Å². The van der Waals surface area contributed by atoms with E-state index >= 15 is 0 Å². The van der Waals surface area contributed by atoms with Gasteiger partial charge in [0.15, 0.2) is 0 Å². The monoisotopic (exact) mass is 435 g/mol. The van der Waals surface area contributed by atoms with Gasteiger partial charge in [-0.1, -0.05) is 29.8 Å². The molecule has 0 spiro atoms. The molecular formula is C23H15ClFN3O3. The standard InChI is InChI=1S/C23H15ClFN3O3/c1-31-23(30)19-7-4-5-15(26-19)10-12-21-27-18-11-9-14(25)13-16(18)22(29)28(21)20-8-3-2-6-17(20)24/h2-13H,1H3/b12-10-. The summed E-state index contributed by atoms with van der Waals surface area (Å²) in [6, 6.07) is 15.5. The summed E-state index contributed by atoms with van der Waals surface area (Å²) in [5.41, 5.74) is 0.889. The van der Waals surface area contributed by atoms with Crippen LogP contribution in [0.1, 0.15) is 22.0 Å². The minimum atomic E-state index is -0.561. The van der Waals surface area contributed by atoms with Crippen molar-refractivity contribution in [1.82, 2.24) is 14.5 Å². The highest BCUT2D eigenvalue weighted by atomic mass is 35.5. The molecule has 0 atom stereocenters. The van der Waals surface area contributed by atoms with Crippen molar-refractivity contribution in [3.63, 3.8) is 0 Å². The van der Waals surface area contributed by atoms with Gasteiger partial charge in [0.25, 0.3) is 5.56 Å². The molecule has 8 heteroatoms. The average molecular weight is 436 g/mol. The molecule has 0 saturated carbocycles. The van der Waals surface area contributed by atoms with E-state index in [1.54, 1.807) is 48.6 Å². The van der Waals surface area contributed by atoms with Crippen LogP contribution in [0.5, 0.6) is 0 Å². The lowest BCUT2D eigenvalue weighted by Gasteiger charge is -2.12. The smallest absolute Gasteiger partial charge is 0.356 e. The van der Waals surface area contributed by atoms with Gasteiger partial charge in [-0.3, -0.25) is 9.36 Å². The molecule has 154 valence electrons. The minimum absolute atomic E-state index is 0.128. The molecule has 0 radical (unpaired) electrons. The number of methoxy groups -OCH3 is 1. The van der Waals surface area contributed by atoms with Gasteiger partial charge in [0, 0.05) is 0 Å². The molecule has 0 unspecified atom stereocenters. The Morgan fingerprint density at radius 1 is 1.06 bits per heavy atom. The van der Waals surface area contributed by atoms with Crippen molar-refractivity contribution in [3.8, 4) is 5.69 Å². The number of benzene rings is 2. The van der Waals surface area contributed by atoms with Gasteiger partial charge in [-0.05, 0) is 54.6 Å².